The van der Waals surface area contributed by atoms with Gasteiger partial charge in [-0.2, -0.15) is 0 Å². The maximum atomic E-state index is 5.21. The predicted molar refractivity (Wildman–Crippen MR) is 187 cm³/mol. The molecular formula is C39H23N3S2. The highest BCUT2D eigenvalue weighted by atomic mass is 32.1. The van der Waals surface area contributed by atoms with Crippen LogP contribution >= 0.6 is 22.7 Å². The van der Waals surface area contributed by atoms with Gasteiger partial charge in [0.2, 0.25) is 0 Å². The predicted octanol–water partition coefficient (Wildman–Crippen LogP) is 11.3. The van der Waals surface area contributed by atoms with Crippen LogP contribution in [0.3, 0.4) is 0 Å². The third-order valence-electron chi connectivity index (χ3n) is 8.16. The van der Waals surface area contributed by atoms with Crippen molar-refractivity contribution >= 4 is 63.0 Å². The van der Waals surface area contributed by atoms with Gasteiger partial charge in [0.25, 0.3) is 0 Å². The Morgan fingerprint density at radius 1 is 0.364 bits per heavy atom. The van der Waals surface area contributed by atoms with Crippen molar-refractivity contribution in [1.82, 2.24) is 15.0 Å². The van der Waals surface area contributed by atoms with Gasteiger partial charge in [0.05, 0.1) is 0 Å². The smallest absolute Gasteiger partial charge is 0.165 e. The molecule has 0 aliphatic carbocycles. The van der Waals surface area contributed by atoms with Crippen LogP contribution in [0.4, 0.5) is 0 Å². The van der Waals surface area contributed by atoms with Gasteiger partial charge in [-0.3, -0.25) is 0 Å². The fraction of sp³-hybridized carbons (Fsp3) is 0. The summed E-state index contributed by atoms with van der Waals surface area (Å²) in [6.45, 7) is 0. The van der Waals surface area contributed by atoms with Crippen molar-refractivity contribution in [3.63, 3.8) is 0 Å². The number of hydrogen-bond donors (Lipinski definition) is 0. The van der Waals surface area contributed by atoms with Crippen molar-refractivity contribution in [2.75, 3.05) is 0 Å². The SMILES string of the molecule is c1ccc(-c2ccc3c(c2)sc2cccc(-c4nc(-c5ccccc5)nc(-c5cccc6c5sc5ccccc56)n4)c23)cc1. The summed E-state index contributed by atoms with van der Waals surface area (Å²) in [5, 5.41) is 4.89. The van der Waals surface area contributed by atoms with E-state index in [1.807, 2.05) is 29.5 Å². The number of thiophene rings is 2. The highest BCUT2D eigenvalue weighted by molar-refractivity contribution is 7.26. The van der Waals surface area contributed by atoms with Gasteiger partial charge < -0.3 is 0 Å². The van der Waals surface area contributed by atoms with Crippen LogP contribution in [-0.4, -0.2) is 15.0 Å². The van der Waals surface area contributed by atoms with Crippen molar-refractivity contribution in [3.05, 3.63) is 140 Å². The van der Waals surface area contributed by atoms with Crippen molar-refractivity contribution in [2.45, 2.75) is 0 Å². The van der Waals surface area contributed by atoms with E-state index in [9.17, 15) is 0 Å². The van der Waals surface area contributed by atoms with Gasteiger partial charge in [-0.25, -0.2) is 15.0 Å². The number of fused-ring (bicyclic) bond motifs is 6. The first kappa shape index (κ1) is 25.3. The van der Waals surface area contributed by atoms with E-state index in [0.717, 1.165) is 16.7 Å². The standard InChI is InChI=1S/C39H23N3S2/c1-3-11-24(12-4-1)26-21-22-29-34(23-26)43-33-20-10-17-30(35(29)33)38-40-37(25-13-5-2-6-14-25)41-39(42-38)31-18-9-16-28-27-15-7-8-19-32(27)44-36(28)31/h1-23H. The minimum Gasteiger partial charge on any atom is -0.208 e. The van der Waals surface area contributed by atoms with Crippen molar-refractivity contribution < 1.29 is 0 Å². The molecule has 3 nitrogen and oxygen atoms in total. The molecule has 5 heteroatoms. The lowest BCUT2D eigenvalue weighted by Crippen LogP contribution is -2.00. The molecule has 3 aromatic heterocycles. The van der Waals surface area contributed by atoms with Crippen LogP contribution < -0.4 is 0 Å². The number of aromatic nitrogens is 3. The van der Waals surface area contributed by atoms with E-state index in [1.165, 1.54) is 51.5 Å². The van der Waals surface area contributed by atoms with E-state index in [4.69, 9.17) is 15.0 Å². The molecule has 0 aliphatic rings. The van der Waals surface area contributed by atoms with E-state index in [0.29, 0.717) is 17.5 Å². The minimum atomic E-state index is 0.673. The molecule has 9 rings (SSSR count). The molecule has 0 saturated heterocycles. The summed E-state index contributed by atoms with van der Waals surface area (Å²) in [4.78, 5) is 15.4. The Balaban J connectivity index is 1.29. The molecule has 9 aromatic rings. The topological polar surface area (TPSA) is 38.7 Å². The van der Waals surface area contributed by atoms with Gasteiger partial charge in [0.1, 0.15) is 0 Å². The molecular weight excluding hydrogens is 575 g/mol. The second kappa shape index (κ2) is 10.2. The Morgan fingerprint density at radius 3 is 1.84 bits per heavy atom. The van der Waals surface area contributed by atoms with Gasteiger partial charge in [0, 0.05) is 57.0 Å². The van der Waals surface area contributed by atoms with Gasteiger partial charge in [-0.1, -0.05) is 115 Å². The van der Waals surface area contributed by atoms with E-state index in [2.05, 4.69) is 121 Å². The summed E-state index contributed by atoms with van der Waals surface area (Å²) in [5.74, 6) is 2.05. The molecule has 0 unspecified atom stereocenters. The Morgan fingerprint density at radius 2 is 1.00 bits per heavy atom. The van der Waals surface area contributed by atoms with Crippen LogP contribution in [0.25, 0.3) is 85.6 Å². The molecule has 0 amide bonds. The van der Waals surface area contributed by atoms with Gasteiger partial charge in [-0.15, -0.1) is 22.7 Å². The number of rotatable bonds is 4. The van der Waals surface area contributed by atoms with Crippen LogP contribution in [0, 0.1) is 0 Å². The van der Waals surface area contributed by atoms with Gasteiger partial charge in [0.15, 0.2) is 17.5 Å². The maximum Gasteiger partial charge on any atom is 0.165 e. The first-order chi connectivity index (χ1) is 21.8. The zero-order valence-electron chi connectivity index (χ0n) is 23.4. The largest absolute Gasteiger partial charge is 0.208 e. The van der Waals surface area contributed by atoms with Crippen LogP contribution in [0.1, 0.15) is 0 Å². The molecule has 0 bridgehead atoms. The second-order valence-electron chi connectivity index (χ2n) is 10.8. The van der Waals surface area contributed by atoms with E-state index >= 15 is 0 Å². The molecule has 0 aliphatic heterocycles. The quantitative estimate of drug-likeness (QED) is 0.203. The Kier molecular flexibility index (Phi) is 5.86. The van der Waals surface area contributed by atoms with Gasteiger partial charge in [-0.05, 0) is 35.4 Å². The Hall–Kier alpha value is -5.23. The Bertz CT molecular complexity index is 2500. The monoisotopic (exact) mass is 597 g/mol. The molecule has 44 heavy (non-hydrogen) atoms. The number of nitrogens with zero attached hydrogens (tertiary/aromatic N) is 3. The van der Waals surface area contributed by atoms with Crippen molar-refractivity contribution in [3.8, 4) is 45.3 Å². The molecule has 0 atom stereocenters. The van der Waals surface area contributed by atoms with E-state index in [-0.39, 0.29) is 0 Å². The molecule has 0 radical (unpaired) electrons. The van der Waals surface area contributed by atoms with E-state index < -0.39 is 0 Å². The summed E-state index contributed by atoms with van der Waals surface area (Å²) in [5.41, 5.74) is 5.45. The van der Waals surface area contributed by atoms with Crippen LogP contribution in [0.2, 0.25) is 0 Å². The van der Waals surface area contributed by atoms with E-state index in [1.54, 1.807) is 11.3 Å². The third kappa shape index (κ3) is 4.13. The molecule has 0 fully saturated rings. The fourth-order valence-electron chi connectivity index (χ4n) is 6.08. The molecule has 206 valence electrons. The lowest BCUT2D eigenvalue weighted by Gasteiger charge is -2.10. The van der Waals surface area contributed by atoms with Crippen molar-refractivity contribution in [2.24, 2.45) is 0 Å². The van der Waals surface area contributed by atoms with Gasteiger partial charge >= 0.3 is 0 Å². The Labute approximate surface area is 261 Å². The van der Waals surface area contributed by atoms with Crippen LogP contribution in [0.15, 0.2) is 140 Å². The highest BCUT2D eigenvalue weighted by Crippen LogP contribution is 2.42. The zero-order valence-corrected chi connectivity index (χ0v) is 25.1. The second-order valence-corrected chi connectivity index (χ2v) is 12.9. The molecule has 6 aromatic carbocycles. The lowest BCUT2D eigenvalue weighted by molar-refractivity contribution is 1.08. The summed E-state index contributed by atoms with van der Waals surface area (Å²) in [6.07, 6.45) is 0. The first-order valence-corrected chi connectivity index (χ1v) is 16.2. The highest BCUT2D eigenvalue weighted by Gasteiger charge is 2.19. The average molecular weight is 598 g/mol. The fourth-order valence-corrected chi connectivity index (χ4v) is 8.46. The summed E-state index contributed by atoms with van der Waals surface area (Å²) in [6, 6.07) is 49.0. The molecule has 3 heterocycles. The van der Waals surface area contributed by atoms with Crippen LogP contribution in [-0.2, 0) is 0 Å². The summed E-state index contributed by atoms with van der Waals surface area (Å²) in [7, 11) is 0. The first-order valence-electron chi connectivity index (χ1n) is 14.5. The minimum absolute atomic E-state index is 0.673. The van der Waals surface area contributed by atoms with Crippen LogP contribution in [0.5, 0.6) is 0 Å². The molecule has 0 N–H and O–H groups in total. The summed E-state index contributed by atoms with van der Waals surface area (Å²) < 4.78 is 4.92. The number of hydrogen-bond acceptors (Lipinski definition) is 5. The normalized spacial score (nSPS) is 11.6. The maximum absolute atomic E-state index is 5.21. The lowest BCUT2D eigenvalue weighted by atomic mass is 10.0. The third-order valence-corrected chi connectivity index (χ3v) is 10.5. The van der Waals surface area contributed by atoms with Crippen molar-refractivity contribution in [1.29, 1.82) is 0 Å². The average Bonchev–Trinajstić information content (AvgIpc) is 3.67. The molecule has 0 spiro atoms. The molecule has 0 saturated carbocycles. The zero-order chi connectivity index (χ0) is 29.0. The summed E-state index contributed by atoms with van der Waals surface area (Å²) >= 11 is 3.61. The number of benzene rings is 6.